The first-order valence-electron chi connectivity index (χ1n) is 7.85. The molecule has 2 fully saturated rings. The van der Waals surface area contributed by atoms with Gasteiger partial charge < -0.3 is 15.7 Å². The maximum Gasteiger partial charge on any atom is 0.0578 e. The zero-order valence-corrected chi connectivity index (χ0v) is 11.9. The molecule has 1 saturated heterocycles. The topological polar surface area (TPSA) is 49.5 Å². The largest absolute Gasteiger partial charge is 0.393 e. The minimum absolute atomic E-state index is 0.162. The highest BCUT2D eigenvalue weighted by Gasteiger charge is 2.30. The van der Waals surface area contributed by atoms with Crippen LogP contribution >= 0.6 is 0 Å². The van der Waals surface area contributed by atoms with Gasteiger partial charge in [0, 0.05) is 25.7 Å². The van der Waals surface area contributed by atoms with Crippen molar-refractivity contribution >= 4 is 0 Å². The predicted molar refractivity (Wildman–Crippen MR) is 75.4 cm³/mol. The van der Waals surface area contributed by atoms with Crippen molar-refractivity contribution in [3.8, 4) is 0 Å². The predicted octanol–water partition coefficient (Wildman–Crippen LogP) is 1.99. The molecule has 2 rings (SSSR count). The van der Waals surface area contributed by atoms with Crippen LogP contribution in [0.5, 0.6) is 0 Å². The molecule has 0 aromatic carbocycles. The molecule has 1 saturated carbocycles. The Bertz CT molecular complexity index is 239. The van der Waals surface area contributed by atoms with Crippen LogP contribution in [-0.4, -0.2) is 41.8 Å². The summed E-state index contributed by atoms with van der Waals surface area (Å²) >= 11 is 0. The molecule has 1 aliphatic carbocycles. The van der Waals surface area contributed by atoms with E-state index in [4.69, 9.17) is 5.73 Å². The summed E-state index contributed by atoms with van der Waals surface area (Å²) in [4.78, 5) is 2.52. The summed E-state index contributed by atoms with van der Waals surface area (Å²) in [6.45, 7) is 5.36. The van der Waals surface area contributed by atoms with Gasteiger partial charge in [-0.2, -0.15) is 0 Å². The first-order chi connectivity index (χ1) is 8.69. The van der Waals surface area contributed by atoms with Gasteiger partial charge in [-0.25, -0.2) is 0 Å². The number of aliphatic hydroxyl groups excluding tert-OH is 1. The first kappa shape index (κ1) is 14.3. The third-order valence-corrected chi connectivity index (χ3v) is 4.79. The Hall–Kier alpha value is -0.120. The van der Waals surface area contributed by atoms with E-state index >= 15 is 0 Å². The van der Waals surface area contributed by atoms with Crippen LogP contribution < -0.4 is 5.73 Å². The fourth-order valence-electron chi connectivity index (χ4n) is 3.77. The van der Waals surface area contributed by atoms with Crippen molar-refractivity contribution in [2.45, 2.75) is 64.0 Å². The minimum atomic E-state index is -0.162. The summed E-state index contributed by atoms with van der Waals surface area (Å²) in [5, 5.41) is 10.0. The summed E-state index contributed by atoms with van der Waals surface area (Å²) in [5.74, 6) is 1.27. The number of nitrogens with two attached hydrogens (primary N) is 1. The second-order valence-corrected chi connectivity index (χ2v) is 6.45. The van der Waals surface area contributed by atoms with E-state index in [0.717, 1.165) is 31.8 Å². The molecule has 2 aliphatic rings. The SMILES string of the molecule is CCC(O)C1CC(N)CN(CC2CCCCC2)C1. The fraction of sp³-hybridized carbons (Fsp3) is 1.00. The maximum atomic E-state index is 10.0. The molecule has 0 spiro atoms. The Labute approximate surface area is 112 Å². The van der Waals surface area contributed by atoms with Crippen LogP contribution in [-0.2, 0) is 0 Å². The summed E-state index contributed by atoms with van der Waals surface area (Å²) < 4.78 is 0. The number of piperidine rings is 1. The molecule has 0 radical (unpaired) electrons. The number of likely N-dealkylation sites (tertiary alicyclic amines) is 1. The van der Waals surface area contributed by atoms with Gasteiger partial charge >= 0.3 is 0 Å². The summed E-state index contributed by atoms with van der Waals surface area (Å²) in [6.07, 6.45) is 8.72. The average molecular weight is 254 g/mol. The Balaban J connectivity index is 1.83. The quantitative estimate of drug-likeness (QED) is 0.806. The van der Waals surface area contributed by atoms with Crippen LogP contribution in [0.1, 0.15) is 51.9 Å². The van der Waals surface area contributed by atoms with Gasteiger partial charge in [0.15, 0.2) is 0 Å². The Morgan fingerprint density at radius 1 is 1.22 bits per heavy atom. The molecular formula is C15H30N2O. The Kier molecular flexibility index (Phi) is 5.46. The lowest BCUT2D eigenvalue weighted by atomic mass is 9.85. The van der Waals surface area contributed by atoms with Crippen molar-refractivity contribution in [1.82, 2.24) is 4.90 Å². The van der Waals surface area contributed by atoms with Crippen LogP contribution in [0, 0.1) is 11.8 Å². The highest BCUT2D eigenvalue weighted by atomic mass is 16.3. The first-order valence-corrected chi connectivity index (χ1v) is 7.85. The third kappa shape index (κ3) is 3.94. The second kappa shape index (κ2) is 6.88. The number of hydrogen-bond donors (Lipinski definition) is 2. The Morgan fingerprint density at radius 2 is 1.94 bits per heavy atom. The molecule has 3 heteroatoms. The minimum Gasteiger partial charge on any atom is -0.393 e. The molecule has 1 aliphatic heterocycles. The molecule has 3 N–H and O–H groups in total. The van der Waals surface area contributed by atoms with Crippen LogP contribution in [0.2, 0.25) is 0 Å². The number of rotatable bonds is 4. The summed E-state index contributed by atoms with van der Waals surface area (Å²) in [6, 6.07) is 0.258. The third-order valence-electron chi connectivity index (χ3n) is 4.79. The van der Waals surface area contributed by atoms with Gasteiger partial charge in [0.2, 0.25) is 0 Å². The molecule has 106 valence electrons. The van der Waals surface area contributed by atoms with Crippen molar-refractivity contribution < 1.29 is 5.11 Å². The van der Waals surface area contributed by atoms with E-state index in [1.807, 2.05) is 0 Å². The lowest BCUT2D eigenvalue weighted by Gasteiger charge is -2.40. The number of aliphatic hydroxyl groups is 1. The smallest absolute Gasteiger partial charge is 0.0578 e. The van der Waals surface area contributed by atoms with E-state index in [1.54, 1.807) is 0 Å². The summed E-state index contributed by atoms with van der Waals surface area (Å²) in [7, 11) is 0. The molecule has 1 heterocycles. The average Bonchev–Trinajstić information content (AvgIpc) is 2.38. The van der Waals surface area contributed by atoms with Crippen LogP contribution in [0.3, 0.4) is 0 Å². The molecule has 18 heavy (non-hydrogen) atoms. The van der Waals surface area contributed by atoms with Crippen molar-refractivity contribution in [1.29, 1.82) is 0 Å². The van der Waals surface area contributed by atoms with Crippen LogP contribution in [0.15, 0.2) is 0 Å². The lowest BCUT2D eigenvalue weighted by molar-refractivity contribution is 0.0337. The number of hydrogen-bond acceptors (Lipinski definition) is 3. The molecule has 3 atom stereocenters. The molecule has 0 aromatic heterocycles. The van der Waals surface area contributed by atoms with Gasteiger partial charge in [-0.05, 0) is 37.5 Å². The van der Waals surface area contributed by atoms with E-state index < -0.39 is 0 Å². The standard InChI is InChI=1S/C15H30N2O/c1-2-15(18)13-8-14(16)11-17(10-13)9-12-6-4-3-5-7-12/h12-15,18H,2-11,16H2,1H3. The Morgan fingerprint density at radius 3 is 2.61 bits per heavy atom. The molecule has 0 bridgehead atoms. The highest BCUT2D eigenvalue weighted by molar-refractivity contribution is 4.85. The van der Waals surface area contributed by atoms with Gasteiger partial charge in [-0.1, -0.05) is 26.2 Å². The molecule has 3 nitrogen and oxygen atoms in total. The molecule has 0 amide bonds. The van der Waals surface area contributed by atoms with Crippen molar-refractivity contribution in [3.05, 3.63) is 0 Å². The van der Waals surface area contributed by atoms with Crippen LogP contribution in [0.25, 0.3) is 0 Å². The fourth-order valence-corrected chi connectivity index (χ4v) is 3.77. The highest BCUT2D eigenvalue weighted by Crippen LogP contribution is 2.27. The number of nitrogens with zero attached hydrogens (tertiary/aromatic N) is 1. The maximum absolute atomic E-state index is 10.0. The molecule has 3 unspecified atom stereocenters. The normalized spacial score (nSPS) is 33.5. The van der Waals surface area contributed by atoms with Crippen molar-refractivity contribution in [3.63, 3.8) is 0 Å². The van der Waals surface area contributed by atoms with Crippen molar-refractivity contribution in [2.75, 3.05) is 19.6 Å². The van der Waals surface area contributed by atoms with E-state index in [2.05, 4.69) is 11.8 Å². The monoisotopic (exact) mass is 254 g/mol. The van der Waals surface area contributed by atoms with Gasteiger partial charge in [-0.3, -0.25) is 0 Å². The molecule has 0 aromatic rings. The van der Waals surface area contributed by atoms with Gasteiger partial charge in [-0.15, -0.1) is 0 Å². The van der Waals surface area contributed by atoms with E-state index in [1.165, 1.54) is 38.6 Å². The van der Waals surface area contributed by atoms with E-state index in [-0.39, 0.29) is 12.1 Å². The van der Waals surface area contributed by atoms with Crippen molar-refractivity contribution in [2.24, 2.45) is 17.6 Å². The van der Waals surface area contributed by atoms with Crippen LogP contribution in [0.4, 0.5) is 0 Å². The van der Waals surface area contributed by atoms with Gasteiger partial charge in [0.1, 0.15) is 0 Å². The lowest BCUT2D eigenvalue weighted by Crippen LogP contribution is -2.51. The van der Waals surface area contributed by atoms with E-state index in [9.17, 15) is 5.11 Å². The second-order valence-electron chi connectivity index (χ2n) is 6.45. The van der Waals surface area contributed by atoms with Gasteiger partial charge in [0.25, 0.3) is 0 Å². The molecular weight excluding hydrogens is 224 g/mol. The van der Waals surface area contributed by atoms with Gasteiger partial charge in [0.05, 0.1) is 6.10 Å². The van der Waals surface area contributed by atoms with E-state index in [0.29, 0.717) is 5.92 Å². The summed E-state index contributed by atoms with van der Waals surface area (Å²) in [5.41, 5.74) is 6.16. The zero-order valence-electron chi connectivity index (χ0n) is 11.9. The zero-order chi connectivity index (χ0) is 13.0.